The molecule has 0 radical (unpaired) electrons. The molecule has 0 aliphatic carbocycles. The minimum absolute atomic E-state index is 0.0115. The Morgan fingerprint density at radius 3 is 2.94 bits per heavy atom. The fourth-order valence-corrected chi connectivity index (χ4v) is 2.34. The smallest absolute Gasteiger partial charge is 0.259 e. The van der Waals surface area contributed by atoms with Crippen LogP contribution < -0.4 is 5.32 Å². The molecule has 0 spiro atoms. The van der Waals surface area contributed by atoms with Gasteiger partial charge in [-0.3, -0.25) is 4.79 Å². The summed E-state index contributed by atoms with van der Waals surface area (Å²) in [6.45, 7) is 7.65. The number of nitrogens with zero attached hydrogens (tertiary/aromatic N) is 2. The molecule has 1 saturated heterocycles. The Hall–Kier alpha value is -1.36. The van der Waals surface area contributed by atoms with E-state index >= 15 is 0 Å². The van der Waals surface area contributed by atoms with Gasteiger partial charge in [-0.2, -0.15) is 0 Å². The van der Waals surface area contributed by atoms with Crippen LogP contribution in [0.25, 0.3) is 0 Å². The predicted octanol–water partition coefficient (Wildman–Crippen LogP) is 1.59. The minimum Gasteiger partial charge on any atom is -0.361 e. The van der Waals surface area contributed by atoms with E-state index in [2.05, 4.69) is 10.5 Å². The predicted molar refractivity (Wildman–Crippen MR) is 68.4 cm³/mol. The highest BCUT2D eigenvalue weighted by atomic mass is 16.5. The lowest BCUT2D eigenvalue weighted by atomic mass is 10.1. The molecule has 2 heterocycles. The van der Waals surface area contributed by atoms with Crippen molar-refractivity contribution >= 4 is 5.91 Å². The summed E-state index contributed by atoms with van der Waals surface area (Å²) in [7, 11) is 0. The average Bonchev–Trinajstić information content (AvgIpc) is 2.95. The Morgan fingerprint density at radius 2 is 2.44 bits per heavy atom. The van der Waals surface area contributed by atoms with Gasteiger partial charge in [-0.15, -0.1) is 0 Å². The average molecular weight is 251 g/mol. The third-order valence-electron chi connectivity index (χ3n) is 3.44. The fourth-order valence-electron chi connectivity index (χ4n) is 2.34. The molecular weight excluding hydrogens is 230 g/mol. The van der Waals surface area contributed by atoms with E-state index in [1.54, 1.807) is 6.92 Å². The number of nitrogens with one attached hydrogen (secondary N) is 1. The molecule has 1 atom stereocenters. The monoisotopic (exact) mass is 251 g/mol. The van der Waals surface area contributed by atoms with Crippen LogP contribution in [0.3, 0.4) is 0 Å². The molecule has 1 N–H and O–H groups in total. The van der Waals surface area contributed by atoms with Gasteiger partial charge in [0.2, 0.25) is 0 Å². The first-order valence-electron chi connectivity index (χ1n) is 6.55. The van der Waals surface area contributed by atoms with Gasteiger partial charge in [-0.1, -0.05) is 5.16 Å². The zero-order valence-corrected chi connectivity index (χ0v) is 11.3. The molecular formula is C13H21N3O2. The molecule has 5 heteroatoms. The molecule has 5 nitrogen and oxygen atoms in total. The van der Waals surface area contributed by atoms with Gasteiger partial charge in [0.1, 0.15) is 11.3 Å². The molecule has 1 aliphatic heterocycles. The Labute approximate surface area is 108 Å². The van der Waals surface area contributed by atoms with E-state index < -0.39 is 0 Å². The van der Waals surface area contributed by atoms with Crippen LogP contribution >= 0.6 is 0 Å². The van der Waals surface area contributed by atoms with Crippen molar-refractivity contribution in [2.24, 2.45) is 0 Å². The number of hydrogen-bond acceptors (Lipinski definition) is 4. The summed E-state index contributed by atoms with van der Waals surface area (Å²) in [5.74, 6) is 0.600. The van der Waals surface area contributed by atoms with Gasteiger partial charge in [-0.25, -0.2) is 0 Å². The molecule has 1 fully saturated rings. The number of rotatable bonds is 4. The molecule has 0 saturated carbocycles. The first-order chi connectivity index (χ1) is 8.59. The lowest BCUT2D eigenvalue weighted by Crippen LogP contribution is -2.44. The second kappa shape index (κ2) is 5.52. The van der Waals surface area contributed by atoms with Crippen LogP contribution in [0.15, 0.2) is 10.7 Å². The highest BCUT2D eigenvalue weighted by Crippen LogP contribution is 2.15. The van der Waals surface area contributed by atoms with Gasteiger partial charge < -0.3 is 14.7 Å². The molecule has 18 heavy (non-hydrogen) atoms. The highest BCUT2D eigenvalue weighted by molar-refractivity contribution is 5.95. The van der Waals surface area contributed by atoms with Gasteiger partial charge in [0.15, 0.2) is 0 Å². The summed E-state index contributed by atoms with van der Waals surface area (Å²) in [5.41, 5.74) is 0.571. The van der Waals surface area contributed by atoms with Gasteiger partial charge >= 0.3 is 0 Å². The van der Waals surface area contributed by atoms with Crippen molar-refractivity contribution in [3.8, 4) is 0 Å². The van der Waals surface area contributed by atoms with E-state index in [-0.39, 0.29) is 11.9 Å². The molecule has 1 aromatic heterocycles. The lowest BCUT2D eigenvalue weighted by molar-refractivity contribution is 0.0687. The Morgan fingerprint density at radius 1 is 1.67 bits per heavy atom. The summed E-state index contributed by atoms with van der Waals surface area (Å²) in [4.78, 5) is 14.3. The Bertz CT molecular complexity index is 408. The van der Waals surface area contributed by atoms with Crippen molar-refractivity contribution in [2.75, 3.05) is 13.1 Å². The normalized spacial score (nSPS) is 19.4. The minimum atomic E-state index is 0.0115. The van der Waals surface area contributed by atoms with Crippen LogP contribution in [0, 0.1) is 6.92 Å². The number of carbonyl (C=O) groups excluding carboxylic acids is 1. The molecule has 2 rings (SSSR count). The second-order valence-electron chi connectivity index (χ2n) is 5.14. The summed E-state index contributed by atoms with van der Waals surface area (Å²) in [6, 6.07) is 0.589. The largest absolute Gasteiger partial charge is 0.361 e. The van der Waals surface area contributed by atoms with Crippen molar-refractivity contribution in [1.29, 1.82) is 0 Å². The maximum Gasteiger partial charge on any atom is 0.259 e. The van der Waals surface area contributed by atoms with Gasteiger partial charge in [0.25, 0.3) is 5.91 Å². The third-order valence-corrected chi connectivity index (χ3v) is 3.44. The van der Waals surface area contributed by atoms with Gasteiger partial charge in [-0.05, 0) is 40.2 Å². The summed E-state index contributed by atoms with van der Waals surface area (Å²) in [5, 5.41) is 7.10. The van der Waals surface area contributed by atoms with Gasteiger partial charge in [0, 0.05) is 18.6 Å². The van der Waals surface area contributed by atoms with Crippen molar-refractivity contribution in [2.45, 2.75) is 45.7 Å². The van der Waals surface area contributed by atoms with Crippen LogP contribution in [0.4, 0.5) is 0 Å². The molecule has 1 amide bonds. The fraction of sp³-hybridized carbons (Fsp3) is 0.692. The van der Waals surface area contributed by atoms with Crippen LogP contribution in [-0.4, -0.2) is 41.1 Å². The summed E-state index contributed by atoms with van der Waals surface area (Å²) in [6.07, 6.45) is 3.84. The Kier molecular flexibility index (Phi) is 4.01. The highest BCUT2D eigenvalue weighted by Gasteiger charge is 2.26. The molecule has 1 unspecified atom stereocenters. The van der Waals surface area contributed by atoms with E-state index in [9.17, 15) is 4.79 Å². The van der Waals surface area contributed by atoms with Crippen molar-refractivity contribution in [1.82, 2.24) is 15.4 Å². The van der Waals surface area contributed by atoms with Crippen LogP contribution in [0.5, 0.6) is 0 Å². The SMILES string of the molecule is Cc1oncc1C(=O)N(CC1CCCN1)C(C)C. The third kappa shape index (κ3) is 2.72. The van der Waals surface area contributed by atoms with Crippen LogP contribution in [0.2, 0.25) is 0 Å². The van der Waals surface area contributed by atoms with Crippen molar-refractivity contribution in [3.05, 3.63) is 17.5 Å². The molecule has 0 bridgehead atoms. The van der Waals surface area contributed by atoms with Crippen molar-refractivity contribution < 1.29 is 9.32 Å². The van der Waals surface area contributed by atoms with Crippen LogP contribution in [0.1, 0.15) is 42.8 Å². The Balaban J connectivity index is 2.09. The first kappa shape index (κ1) is 13.1. The number of carbonyl (C=O) groups is 1. The zero-order valence-electron chi connectivity index (χ0n) is 11.3. The standard InChI is InChI=1S/C13H21N3O2/c1-9(2)16(8-11-5-4-6-14-11)13(17)12-7-15-18-10(12)3/h7,9,11,14H,4-6,8H2,1-3H3. The quantitative estimate of drug-likeness (QED) is 0.882. The molecule has 1 aromatic rings. The molecule has 100 valence electrons. The molecule has 1 aliphatic rings. The van der Waals surface area contributed by atoms with Crippen LogP contribution in [-0.2, 0) is 0 Å². The first-order valence-corrected chi connectivity index (χ1v) is 6.55. The second-order valence-corrected chi connectivity index (χ2v) is 5.14. The van der Waals surface area contributed by atoms with E-state index in [0.29, 0.717) is 17.4 Å². The van der Waals surface area contributed by atoms with E-state index in [4.69, 9.17) is 4.52 Å². The maximum absolute atomic E-state index is 12.5. The number of hydrogen-bond donors (Lipinski definition) is 1. The molecule has 0 aromatic carbocycles. The summed E-state index contributed by atoms with van der Waals surface area (Å²) >= 11 is 0. The number of aromatic nitrogens is 1. The zero-order chi connectivity index (χ0) is 13.1. The van der Waals surface area contributed by atoms with E-state index in [1.165, 1.54) is 12.6 Å². The summed E-state index contributed by atoms with van der Waals surface area (Å²) < 4.78 is 4.97. The lowest BCUT2D eigenvalue weighted by Gasteiger charge is -2.29. The van der Waals surface area contributed by atoms with Gasteiger partial charge in [0.05, 0.1) is 6.20 Å². The van der Waals surface area contributed by atoms with Crippen molar-refractivity contribution in [3.63, 3.8) is 0 Å². The van der Waals surface area contributed by atoms with E-state index in [0.717, 1.165) is 19.5 Å². The number of aryl methyl sites for hydroxylation is 1. The topological polar surface area (TPSA) is 58.4 Å². The number of amides is 1. The van der Waals surface area contributed by atoms with E-state index in [1.807, 2.05) is 18.7 Å². The maximum atomic E-state index is 12.5.